The third-order valence-electron chi connectivity index (χ3n) is 7.49. The van der Waals surface area contributed by atoms with Crippen molar-refractivity contribution in [1.29, 1.82) is 0 Å². The zero-order valence-electron chi connectivity index (χ0n) is 22.0. The molecule has 37 heavy (non-hydrogen) atoms. The minimum Gasteiger partial charge on any atom is -0.381 e. The number of carbonyl (C=O) groups is 1. The van der Waals surface area contributed by atoms with Crippen molar-refractivity contribution in [3.8, 4) is 0 Å². The standard InChI is InChI=1S/C27H38N8O2/c1-18(2)35-17-22(26(36)31-15-19-4-9-28-10-5-19)21-16-30-25(14-23(21)35)32-24-6-11-29-27(33-24)34-12-7-20(37-3)8-13-34/h6,11,14,16-20,28H,4-5,7-10,12-13,15H2,1-3H3,(H,31,36)(H,29,30,32,33). The largest absolute Gasteiger partial charge is 0.381 e. The summed E-state index contributed by atoms with van der Waals surface area (Å²) >= 11 is 0. The molecule has 3 aromatic rings. The van der Waals surface area contributed by atoms with Gasteiger partial charge in [-0.15, -0.1) is 0 Å². The number of hydrogen-bond acceptors (Lipinski definition) is 8. The van der Waals surface area contributed by atoms with Crippen molar-refractivity contribution in [3.63, 3.8) is 0 Å². The van der Waals surface area contributed by atoms with Gasteiger partial charge in [0.05, 0.1) is 17.2 Å². The molecule has 10 nitrogen and oxygen atoms in total. The predicted octanol–water partition coefficient (Wildman–Crippen LogP) is 3.50. The number of rotatable bonds is 8. The van der Waals surface area contributed by atoms with Gasteiger partial charge in [0.15, 0.2) is 0 Å². The van der Waals surface area contributed by atoms with E-state index in [0.717, 1.165) is 62.8 Å². The van der Waals surface area contributed by atoms with Crippen LogP contribution in [0.25, 0.3) is 10.9 Å². The van der Waals surface area contributed by atoms with Gasteiger partial charge >= 0.3 is 0 Å². The number of fused-ring (bicyclic) bond motifs is 1. The molecular formula is C27H38N8O2. The minimum absolute atomic E-state index is 0.0388. The summed E-state index contributed by atoms with van der Waals surface area (Å²) in [6.45, 7) is 8.73. The van der Waals surface area contributed by atoms with Crippen molar-refractivity contribution in [2.24, 2.45) is 5.92 Å². The second kappa shape index (κ2) is 11.4. The molecule has 198 valence electrons. The fraction of sp³-hybridized carbons (Fsp3) is 0.556. The van der Waals surface area contributed by atoms with Crippen LogP contribution in [0.4, 0.5) is 17.6 Å². The maximum Gasteiger partial charge on any atom is 0.253 e. The third-order valence-corrected chi connectivity index (χ3v) is 7.49. The topological polar surface area (TPSA) is 109 Å². The number of methoxy groups -OCH3 is 1. The molecule has 5 rings (SSSR count). The summed E-state index contributed by atoms with van der Waals surface area (Å²) in [4.78, 5) is 29.2. The summed E-state index contributed by atoms with van der Waals surface area (Å²) in [5, 5.41) is 10.7. The van der Waals surface area contributed by atoms with E-state index in [0.29, 0.717) is 41.7 Å². The highest BCUT2D eigenvalue weighted by molar-refractivity contribution is 6.07. The lowest BCUT2D eigenvalue weighted by molar-refractivity contribution is 0.0816. The molecule has 0 saturated carbocycles. The monoisotopic (exact) mass is 506 g/mol. The van der Waals surface area contributed by atoms with Crippen LogP contribution in [0.5, 0.6) is 0 Å². The SMILES string of the molecule is COC1CCN(c2nccc(Nc3cc4c(cn3)c(C(=O)NCC3CCNCC3)cn4C(C)C)n2)CC1. The second-order valence-electron chi connectivity index (χ2n) is 10.3. The van der Waals surface area contributed by atoms with E-state index < -0.39 is 0 Å². The van der Waals surface area contributed by atoms with Crippen molar-refractivity contribution in [3.05, 3.63) is 36.3 Å². The molecule has 10 heteroatoms. The maximum atomic E-state index is 13.1. The zero-order chi connectivity index (χ0) is 25.8. The van der Waals surface area contributed by atoms with Gasteiger partial charge < -0.3 is 30.2 Å². The Balaban J connectivity index is 1.32. The average Bonchev–Trinajstić information content (AvgIpc) is 3.32. The highest BCUT2D eigenvalue weighted by Crippen LogP contribution is 2.28. The molecule has 5 heterocycles. The molecule has 0 aromatic carbocycles. The molecule has 2 saturated heterocycles. The van der Waals surface area contributed by atoms with Crippen molar-refractivity contribution < 1.29 is 9.53 Å². The summed E-state index contributed by atoms with van der Waals surface area (Å²) in [6.07, 6.45) is 9.95. The molecule has 0 unspecified atom stereocenters. The van der Waals surface area contributed by atoms with Crippen LogP contribution < -0.4 is 20.9 Å². The van der Waals surface area contributed by atoms with Crippen LogP contribution in [0.2, 0.25) is 0 Å². The van der Waals surface area contributed by atoms with Crippen LogP contribution in [-0.4, -0.2) is 71.4 Å². The van der Waals surface area contributed by atoms with Gasteiger partial charge in [-0.2, -0.15) is 4.98 Å². The first-order chi connectivity index (χ1) is 18.0. The van der Waals surface area contributed by atoms with Gasteiger partial charge in [0, 0.05) is 62.8 Å². The Labute approximate surface area is 218 Å². The number of hydrogen-bond donors (Lipinski definition) is 3. The lowest BCUT2D eigenvalue weighted by Crippen LogP contribution is -2.37. The van der Waals surface area contributed by atoms with E-state index in [2.05, 4.69) is 49.2 Å². The molecule has 3 N–H and O–H groups in total. The second-order valence-corrected chi connectivity index (χ2v) is 10.3. The predicted molar refractivity (Wildman–Crippen MR) is 146 cm³/mol. The van der Waals surface area contributed by atoms with Gasteiger partial charge in [0.1, 0.15) is 11.6 Å². The van der Waals surface area contributed by atoms with Gasteiger partial charge in [-0.05, 0) is 64.6 Å². The zero-order valence-corrected chi connectivity index (χ0v) is 22.0. The molecule has 1 amide bonds. The smallest absolute Gasteiger partial charge is 0.253 e. The van der Waals surface area contributed by atoms with Crippen LogP contribution in [0.3, 0.4) is 0 Å². The van der Waals surface area contributed by atoms with Gasteiger partial charge in [0.25, 0.3) is 5.91 Å². The number of aromatic nitrogens is 4. The first kappa shape index (κ1) is 25.4. The third kappa shape index (κ3) is 5.86. The van der Waals surface area contributed by atoms with Crippen molar-refractivity contribution in [2.45, 2.75) is 51.7 Å². The number of nitrogens with zero attached hydrogens (tertiary/aromatic N) is 5. The Hall–Kier alpha value is -3.24. The summed E-state index contributed by atoms with van der Waals surface area (Å²) in [6, 6.07) is 4.04. The van der Waals surface area contributed by atoms with Gasteiger partial charge in [-0.25, -0.2) is 9.97 Å². The van der Waals surface area contributed by atoms with E-state index >= 15 is 0 Å². The molecule has 0 atom stereocenters. The summed E-state index contributed by atoms with van der Waals surface area (Å²) in [5.41, 5.74) is 1.64. The van der Waals surface area contributed by atoms with Gasteiger partial charge in [0.2, 0.25) is 5.95 Å². The van der Waals surface area contributed by atoms with Crippen molar-refractivity contribution in [1.82, 2.24) is 30.2 Å². The van der Waals surface area contributed by atoms with Crippen LogP contribution in [0, 0.1) is 5.92 Å². The number of anilines is 3. The van der Waals surface area contributed by atoms with Crippen LogP contribution in [0.1, 0.15) is 55.9 Å². The average molecular weight is 507 g/mol. The van der Waals surface area contributed by atoms with E-state index in [1.165, 1.54) is 0 Å². The van der Waals surface area contributed by atoms with Crippen molar-refractivity contribution >= 4 is 34.4 Å². The van der Waals surface area contributed by atoms with Crippen LogP contribution >= 0.6 is 0 Å². The van der Waals surface area contributed by atoms with E-state index in [9.17, 15) is 4.79 Å². The molecule has 2 fully saturated rings. The highest BCUT2D eigenvalue weighted by atomic mass is 16.5. The molecular weight excluding hydrogens is 468 g/mol. The minimum atomic E-state index is -0.0388. The number of ether oxygens (including phenoxy) is 1. The Morgan fingerprint density at radius 2 is 1.95 bits per heavy atom. The Bertz CT molecular complexity index is 1210. The molecule has 0 radical (unpaired) electrons. The number of amides is 1. The van der Waals surface area contributed by atoms with Gasteiger partial charge in [-0.3, -0.25) is 4.79 Å². The number of carbonyl (C=O) groups excluding carboxylic acids is 1. The summed E-state index contributed by atoms with van der Waals surface area (Å²) in [7, 11) is 1.77. The van der Waals surface area contributed by atoms with E-state index in [1.54, 1.807) is 19.5 Å². The number of nitrogens with one attached hydrogen (secondary N) is 3. The molecule has 0 spiro atoms. The Morgan fingerprint density at radius 3 is 2.68 bits per heavy atom. The number of piperidine rings is 2. The fourth-order valence-electron chi connectivity index (χ4n) is 5.23. The van der Waals surface area contributed by atoms with Crippen molar-refractivity contribution in [2.75, 3.05) is 50.1 Å². The molecule has 2 aliphatic heterocycles. The van der Waals surface area contributed by atoms with Crippen LogP contribution in [0.15, 0.2) is 30.7 Å². The summed E-state index contributed by atoms with van der Waals surface area (Å²) in [5.74, 6) is 2.56. The number of pyridine rings is 1. The first-order valence-corrected chi connectivity index (χ1v) is 13.4. The lowest BCUT2D eigenvalue weighted by atomic mass is 9.98. The normalized spacial score (nSPS) is 17.5. The lowest BCUT2D eigenvalue weighted by Gasteiger charge is -2.31. The molecule has 2 aliphatic rings. The highest BCUT2D eigenvalue weighted by Gasteiger charge is 2.22. The fourth-order valence-corrected chi connectivity index (χ4v) is 5.23. The Kier molecular flexibility index (Phi) is 7.85. The van der Waals surface area contributed by atoms with E-state index in [4.69, 9.17) is 9.72 Å². The quantitative estimate of drug-likeness (QED) is 0.426. The first-order valence-electron chi connectivity index (χ1n) is 13.4. The van der Waals surface area contributed by atoms with Gasteiger partial charge in [-0.1, -0.05) is 0 Å². The Morgan fingerprint density at radius 1 is 1.16 bits per heavy atom. The van der Waals surface area contributed by atoms with E-state index in [1.807, 2.05) is 18.3 Å². The molecule has 3 aromatic heterocycles. The van der Waals surface area contributed by atoms with E-state index in [-0.39, 0.29) is 11.9 Å². The van der Waals surface area contributed by atoms with Crippen LogP contribution in [-0.2, 0) is 4.74 Å². The summed E-state index contributed by atoms with van der Waals surface area (Å²) < 4.78 is 7.61. The molecule has 0 aliphatic carbocycles. The maximum absolute atomic E-state index is 13.1. The molecule has 0 bridgehead atoms.